The lowest BCUT2D eigenvalue weighted by Crippen LogP contribution is -2.13. The van der Waals surface area contributed by atoms with Gasteiger partial charge >= 0.3 is 0 Å². The molecule has 0 aliphatic heterocycles. The lowest BCUT2D eigenvalue weighted by molar-refractivity contribution is 0.0981. The number of benzene rings is 7. The number of carbonyl (C=O) groups is 4. The second kappa shape index (κ2) is 29.0. The lowest BCUT2D eigenvalue weighted by atomic mass is 9.85. The van der Waals surface area contributed by atoms with Crippen LogP contribution in [0.4, 0.5) is 0 Å². The van der Waals surface area contributed by atoms with Crippen LogP contribution >= 0.6 is 0 Å². The number of nitrogens with zero attached hydrogens (tertiary/aromatic N) is 6. The third-order valence-electron chi connectivity index (χ3n) is 16.2. The fourth-order valence-electron chi connectivity index (χ4n) is 10.5. The second-order valence-electron chi connectivity index (χ2n) is 27.6. The molecular formula is C81H88N6O4. The summed E-state index contributed by atoms with van der Waals surface area (Å²) in [5.74, 6) is 2.08. The molecule has 0 radical (unpaired) electrons. The van der Waals surface area contributed by atoms with Crippen LogP contribution in [0.2, 0.25) is 0 Å². The number of aromatic nitrogens is 6. The maximum Gasteiger partial charge on any atom is 0.170 e. The number of rotatable bonds is 13. The molecule has 91 heavy (non-hydrogen) atoms. The highest BCUT2D eigenvalue weighted by Crippen LogP contribution is 2.28. The normalized spacial score (nSPS) is 11.6. The molecule has 10 heteroatoms. The van der Waals surface area contributed by atoms with Gasteiger partial charge in [-0.2, -0.15) is 0 Å². The van der Waals surface area contributed by atoms with E-state index in [9.17, 15) is 19.2 Å². The number of pyridine rings is 2. The molecule has 7 aromatic carbocycles. The minimum atomic E-state index is 0.0278. The molecule has 0 bridgehead atoms. The number of Topliss-reactive ketones (excluding diaryl/α,β-unsaturated/α-hetero) is 4. The highest BCUT2D eigenvalue weighted by atomic mass is 16.1. The number of imidazole rings is 2. The minimum Gasteiger partial charge on any atom is -0.331 e. The van der Waals surface area contributed by atoms with Crippen LogP contribution in [0.5, 0.6) is 0 Å². The zero-order valence-corrected chi connectivity index (χ0v) is 55.9. The molecule has 0 atom stereocenters. The Hall–Kier alpha value is -9.54. The fraction of sp³-hybridized carbons (Fsp3) is 0.284. The summed E-state index contributed by atoms with van der Waals surface area (Å²) in [5.41, 5.74) is 15.9. The second-order valence-corrected chi connectivity index (χ2v) is 27.6. The first-order valence-corrected chi connectivity index (χ1v) is 31.3. The smallest absolute Gasteiger partial charge is 0.170 e. The molecule has 0 saturated heterocycles. The molecule has 4 heterocycles. The van der Waals surface area contributed by atoms with Crippen LogP contribution in [0.15, 0.2) is 213 Å². The molecule has 11 rings (SSSR count). The van der Waals surface area contributed by atoms with Gasteiger partial charge in [-0.05, 0) is 128 Å². The van der Waals surface area contributed by atoms with Crippen molar-refractivity contribution in [2.45, 2.75) is 137 Å². The molecule has 11 aromatic rings. The predicted octanol–water partition coefficient (Wildman–Crippen LogP) is 18.2. The van der Waals surface area contributed by atoms with Gasteiger partial charge in [-0.3, -0.25) is 29.1 Å². The number of hydrogen-bond donors (Lipinski definition) is 0. The van der Waals surface area contributed by atoms with Crippen molar-refractivity contribution in [2.75, 3.05) is 0 Å². The Kier molecular flexibility index (Phi) is 21.4. The Balaban J connectivity index is 0.000000157. The van der Waals surface area contributed by atoms with Gasteiger partial charge in [0.15, 0.2) is 23.1 Å². The molecule has 0 saturated carbocycles. The van der Waals surface area contributed by atoms with Crippen molar-refractivity contribution in [1.82, 2.24) is 29.1 Å². The first-order valence-electron chi connectivity index (χ1n) is 31.3. The van der Waals surface area contributed by atoms with E-state index in [4.69, 9.17) is 0 Å². The summed E-state index contributed by atoms with van der Waals surface area (Å²) < 4.78 is 4.00. The maximum absolute atomic E-state index is 12.7. The first-order chi connectivity index (χ1) is 43.0. The van der Waals surface area contributed by atoms with Gasteiger partial charge in [0.05, 0.1) is 41.3 Å². The summed E-state index contributed by atoms with van der Waals surface area (Å²) in [7, 11) is 3.92. The zero-order valence-electron chi connectivity index (χ0n) is 55.9. The van der Waals surface area contributed by atoms with E-state index in [0.29, 0.717) is 25.7 Å². The van der Waals surface area contributed by atoms with E-state index in [1.807, 2.05) is 194 Å². The van der Waals surface area contributed by atoms with Crippen molar-refractivity contribution >= 4 is 45.1 Å². The number of carbonyl (C=O) groups excluding carboxylic acids is 4. The fourth-order valence-corrected chi connectivity index (χ4v) is 10.5. The van der Waals surface area contributed by atoms with Crippen LogP contribution in [-0.2, 0) is 61.4 Å². The Morgan fingerprint density at radius 3 is 1.27 bits per heavy atom. The third kappa shape index (κ3) is 18.3. The predicted molar refractivity (Wildman–Crippen MR) is 373 cm³/mol. The van der Waals surface area contributed by atoms with Gasteiger partial charge < -0.3 is 9.13 Å². The third-order valence-corrected chi connectivity index (χ3v) is 16.2. The molecular weight excluding hydrogens is 1120 g/mol. The lowest BCUT2D eigenvalue weighted by Gasteiger charge is -2.19. The Morgan fingerprint density at radius 2 is 0.802 bits per heavy atom. The van der Waals surface area contributed by atoms with E-state index in [0.717, 1.165) is 83.9 Å². The number of para-hydroxylation sites is 3. The molecule has 0 spiro atoms. The topological polar surface area (TPSA) is 130 Å². The highest BCUT2D eigenvalue weighted by Gasteiger charge is 2.22. The molecule has 0 unspecified atom stereocenters. The standard InChI is InChI=1S/C22H24N2O.C21H21NO.C20H22N2O.C18H21NO/c1-22(2,3)18-12-8-11-17(13-18)20(25)14-21-23-15-19(24(21)4)16-9-6-5-7-10-16;1-21(2,3)18-9-6-8-17(13-18)20(23)12-15-11-16-7-4-5-10-19(16)22-14-15;1-20(2,3)15-9-7-8-14(12-15)18(23)13-19-21-16-10-5-6-11-17(16)22(19)4;1-13-10-14(8-9-19-13)11-17(20)15-6-5-7-16(12-15)18(2,3)4/h5-13,15H,14H2,1-4H3;4-11,13-14H,12H2,1-3H3;5-12H,13H2,1-4H3;5-10,12H,11H2,1-4H3. The van der Waals surface area contributed by atoms with Crippen LogP contribution < -0.4 is 0 Å². The largest absolute Gasteiger partial charge is 0.331 e. The summed E-state index contributed by atoms with van der Waals surface area (Å²) in [6.45, 7) is 27.8. The van der Waals surface area contributed by atoms with Gasteiger partial charge in [0, 0.05) is 72.7 Å². The van der Waals surface area contributed by atoms with Gasteiger partial charge in [0.2, 0.25) is 0 Å². The summed E-state index contributed by atoms with van der Waals surface area (Å²) >= 11 is 0. The molecule has 0 fully saturated rings. The van der Waals surface area contributed by atoms with Crippen molar-refractivity contribution in [3.8, 4) is 11.3 Å². The van der Waals surface area contributed by atoms with Crippen LogP contribution in [0.25, 0.3) is 33.2 Å². The van der Waals surface area contributed by atoms with E-state index in [-0.39, 0.29) is 44.8 Å². The Bertz CT molecular complexity index is 4350. The zero-order chi connectivity index (χ0) is 65.8. The monoisotopic (exact) mass is 1210 g/mol. The van der Waals surface area contributed by atoms with Crippen LogP contribution in [0.3, 0.4) is 0 Å². The summed E-state index contributed by atoms with van der Waals surface area (Å²) in [4.78, 5) is 68.0. The van der Waals surface area contributed by atoms with E-state index >= 15 is 0 Å². The highest BCUT2D eigenvalue weighted by molar-refractivity contribution is 6.00. The summed E-state index contributed by atoms with van der Waals surface area (Å²) in [6, 6.07) is 63.7. The Morgan fingerprint density at radius 1 is 0.374 bits per heavy atom. The van der Waals surface area contributed by atoms with E-state index in [1.54, 1.807) is 12.4 Å². The van der Waals surface area contributed by atoms with Crippen LogP contribution in [0.1, 0.15) is 175 Å². The van der Waals surface area contributed by atoms with Crippen molar-refractivity contribution in [3.63, 3.8) is 0 Å². The van der Waals surface area contributed by atoms with E-state index < -0.39 is 0 Å². The van der Waals surface area contributed by atoms with Gasteiger partial charge in [-0.25, -0.2) is 9.97 Å². The van der Waals surface area contributed by atoms with Crippen molar-refractivity contribution < 1.29 is 19.2 Å². The molecule has 0 N–H and O–H groups in total. The molecule has 0 aliphatic carbocycles. The Labute approximate surface area is 538 Å². The quantitative estimate of drug-likeness (QED) is 0.104. The number of fused-ring (bicyclic) bond motifs is 2. The first kappa shape index (κ1) is 67.4. The van der Waals surface area contributed by atoms with Gasteiger partial charge in [-0.15, -0.1) is 0 Å². The molecule has 0 aliphatic rings. The molecule has 4 aromatic heterocycles. The van der Waals surface area contributed by atoms with Crippen LogP contribution in [-0.4, -0.2) is 52.2 Å². The number of hydrogen-bond acceptors (Lipinski definition) is 8. The van der Waals surface area contributed by atoms with E-state index in [1.165, 1.54) is 22.3 Å². The molecule has 10 nitrogen and oxygen atoms in total. The maximum atomic E-state index is 12.7. The van der Waals surface area contributed by atoms with Gasteiger partial charge in [-0.1, -0.05) is 217 Å². The SMILES string of the molecule is CC(C)(C)c1cccc(C(=O)Cc2cnc3ccccc3c2)c1.Cc1cc(CC(=O)c2cccc(C(C)(C)C)c2)ccn1.Cn1c(-c2ccccc2)cnc1CC(=O)c1cccc(C(C)(C)C)c1.Cn1c(CC(=O)c2cccc(C(C)(C)C)c2)nc2ccccc21. The van der Waals surface area contributed by atoms with Crippen molar-refractivity contribution in [1.29, 1.82) is 0 Å². The number of ketones is 4. The summed E-state index contributed by atoms with van der Waals surface area (Å²) in [5, 5.41) is 1.07. The summed E-state index contributed by atoms with van der Waals surface area (Å²) in [6.07, 6.45) is 6.82. The van der Waals surface area contributed by atoms with Gasteiger partial charge in [0.25, 0.3) is 0 Å². The number of aryl methyl sites for hydroxylation is 2. The molecule has 466 valence electrons. The van der Waals surface area contributed by atoms with Crippen molar-refractivity contribution in [2.24, 2.45) is 14.1 Å². The van der Waals surface area contributed by atoms with E-state index in [2.05, 4.69) is 139 Å². The van der Waals surface area contributed by atoms with Crippen LogP contribution in [0, 0.1) is 6.92 Å². The van der Waals surface area contributed by atoms with Crippen molar-refractivity contribution in [3.05, 3.63) is 286 Å². The minimum absolute atomic E-state index is 0.0278. The molecule has 0 amide bonds. The van der Waals surface area contributed by atoms with Gasteiger partial charge in [0.1, 0.15) is 11.6 Å². The average molecular weight is 1210 g/mol. The average Bonchev–Trinajstić information content (AvgIpc) is 1.78.